The van der Waals surface area contributed by atoms with Crippen LogP contribution < -0.4 is 0 Å². The molecule has 6 nitrogen and oxygen atoms in total. The maximum atomic E-state index is 12.0. The highest BCUT2D eigenvalue weighted by molar-refractivity contribution is 7.89. The minimum Gasteiger partial charge on any atom is -0.480 e. The van der Waals surface area contributed by atoms with Gasteiger partial charge in [0.25, 0.3) is 0 Å². The fourth-order valence-corrected chi connectivity index (χ4v) is 3.47. The van der Waals surface area contributed by atoms with Gasteiger partial charge in [0, 0.05) is 13.2 Å². The molecule has 0 spiro atoms. The first kappa shape index (κ1) is 13.4. The number of aliphatic carboxylic acids is 1. The molecule has 1 unspecified atom stereocenters. The van der Waals surface area contributed by atoms with Gasteiger partial charge in [0.2, 0.25) is 10.0 Å². The molecule has 1 saturated heterocycles. The van der Waals surface area contributed by atoms with Crippen LogP contribution in [0.5, 0.6) is 0 Å². The molecule has 1 N–H and O–H groups in total. The average molecular weight is 251 g/mol. The van der Waals surface area contributed by atoms with Crippen molar-refractivity contribution in [3.05, 3.63) is 0 Å². The minimum absolute atomic E-state index is 0.169. The lowest BCUT2D eigenvalue weighted by Crippen LogP contribution is -2.42. The van der Waals surface area contributed by atoms with E-state index in [0.29, 0.717) is 19.4 Å². The number of hydrogen-bond acceptors (Lipinski definition) is 4. The van der Waals surface area contributed by atoms with Crippen molar-refractivity contribution in [3.63, 3.8) is 0 Å². The summed E-state index contributed by atoms with van der Waals surface area (Å²) in [6.07, 6.45) is 1.04. The monoisotopic (exact) mass is 251 g/mol. The van der Waals surface area contributed by atoms with Crippen LogP contribution in [0.4, 0.5) is 0 Å². The highest BCUT2D eigenvalue weighted by Gasteiger charge is 2.35. The van der Waals surface area contributed by atoms with Crippen molar-refractivity contribution in [2.75, 3.05) is 26.3 Å². The standard InChI is InChI=1S/C9H17NO5S/c1-2-4-10(6-9(11)12)16(13,14)8-3-5-15-7-8/h8H,2-7H2,1H3,(H,11,12). The molecule has 1 rings (SSSR count). The summed E-state index contributed by atoms with van der Waals surface area (Å²) >= 11 is 0. The Kier molecular flexibility index (Phi) is 4.69. The summed E-state index contributed by atoms with van der Waals surface area (Å²) < 4.78 is 30.1. The highest BCUT2D eigenvalue weighted by atomic mass is 32.2. The third kappa shape index (κ3) is 3.16. The van der Waals surface area contributed by atoms with Gasteiger partial charge in [-0.2, -0.15) is 4.31 Å². The molecule has 0 amide bonds. The fraction of sp³-hybridized carbons (Fsp3) is 0.889. The lowest BCUT2D eigenvalue weighted by atomic mass is 10.4. The van der Waals surface area contributed by atoms with Crippen molar-refractivity contribution in [1.82, 2.24) is 4.31 Å². The number of rotatable bonds is 6. The molecule has 1 heterocycles. The summed E-state index contributed by atoms with van der Waals surface area (Å²) in [5, 5.41) is 8.09. The van der Waals surface area contributed by atoms with Crippen LogP contribution in [0.1, 0.15) is 19.8 Å². The van der Waals surface area contributed by atoms with Crippen LogP contribution in [-0.4, -0.2) is 55.4 Å². The number of sulfonamides is 1. The molecule has 0 radical (unpaired) electrons. The SMILES string of the molecule is CCCN(CC(=O)O)S(=O)(=O)C1CCOC1. The highest BCUT2D eigenvalue weighted by Crippen LogP contribution is 2.18. The molecule has 0 saturated carbocycles. The number of carboxylic acid groups (broad SMARTS) is 1. The van der Waals surface area contributed by atoms with Gasteiger partial charge in [0.1, 0.15) is 11.8 Å². The van der Waals surface area contributed by atoms with Gasteiger partial charge in [-0.05, 0) is 12.8 Å². The first-order valence-electron chi connectivity index (χ1n) is 5.27. The molecule has 7 heteroatoms. The largest absolute Gasteiger partial charge is 0.480 e. The lowest BCUT2D eigenvalue weighted by molar-refractivity contribution is -0.137. The third-order valence-corrected chi connectivity index (χ3v) is 4.70. The molecule has 1 aliphatic heterocycles. The Labute approximate surface area is 95.2 Å². The second-order valence-corrected chi connectivity index (χ2v) is 5.97. The van der Waals surface area contributed by atoms with E-state index in [4.69, 9.17) is 9.84 Å². The van der Waals surface area contributed by atoms with E-state index in [1.807, 2.05) is 6.92 Å². The predicted molar refractivity (Wildman–Crippen MR) is 57.6 cm³/mol. The van der Waals surface area contributed by atoms with Crippen LogP contribution in [-0.2, 0) is 19.6 Å². The molecule has 94 valence electrons. The topological polar surface area (TPSA) is 83.9 Å². The maximum absolute atomic E-state index is 12.0. The second kappa shape index (κ2) is 5.60. The van der Waals surface area contributed by atoms with E-state index in [1.165, 1.54) is 0 Å². The Morgan fingerprint density at radius 3 is 2.69 bits per heavy atom. The molecule has 0 aromatic carbocycles. The van der Waals surface area contributed by atoms with Crippen molar-refractivity contribution in [2.24, 2.45) is 0 Å². The minimum atomic E-state index is -3.53. The zero-order valence-corrected chi connectivity index (χ0v) is 10.1. The van der Waals surface area contributed by atoms with E-state index in [1.54, 1.807) is 0 Å². The van der Waals surface area contributed by atoms with E-state index in [2.05, 4.69) is 0 Å². The van der Waals surface area contributed by atoms with Gasteiger partial charge in [-0.1, -0.05) is 6.92 Å². The zero-order chi connectivity index (χ0) is 12.2. The Balaban J connectivity index is 2.78. The predicted octanol–water partition coefficient (Wildman–Crippen LogP) is -0.0983. The number of ether oxygens (including phenoxy) is 1. The van der Waals surface area contributed by atoms with E-state index in [-0.39, 0.29) is 13.2 Å². The lowest BCUT2D eigenvalue weighted by Gasteiger charge is -2.22. The van der Waals surface area contributed by atoms with Gasteiger partial charge < -0.3 is 9.84 Å². The van der Waals surface area contributed by atoms with Crippen LogP contribution in [0.25, 0.3) is 0 Å². The summed E-state index contributed by atoms with van der Waals surface area (Å²) in [7, 11) is -3.53. The van der Waals surface area contributed by atoms with Crippen molar-refractivity contribution in [2.45, 2.75) is 25.0 Å². The van der Waals surface area contributed by atoms with Gasteiger partial charge in [0.05, 0.1) is 6.61 Å². The van der Waals surface area contributed by atoms with Crippen molar-refractivity contribution in [1.29, 1.82) is 0 Å². The molecule has 0 aromatic heterocycles. The molecule has 0 aromatic rings. The smallest absolute Gasteiger partial charge is 0.318 e. The van der Waals surface area contributed by atoms with Crippen LogP contribution in [0, 0.1) is 0 Å². The third-order valence-electron chi connectivity index (χ3n) is 2.45. The molecule has 1 aliphatic rings. The summed E-state index contributed by atoms with van der Waals surface area (Å²) in [5.74, 6) is -1.13. The summed E-state index contributed by atoms with van der Waals surface area (Å²) in [5.41, 5.74) is 0. The van der Waals surface area contributed by atoms with Crippen LogP contribution in [0.3, 0.4) is 0 Å². The van der Waals surface area contributed by atoms with Crippen molar-refractivity contribution < 1.29 is 23.1 Å². The fourth-order valence-electron chi connectivity index (χ4n) is 1.66. The summed E-state index contributed by atoms with van der Waals surface area (Å²) in [6.45, 7) is 2.19. The molecule has 16 heavy (non-hydrogen) atoms. The molecular formula is C9H17NO5S. The summed E-state index contributed by atoms with van der Waals surface area (Å²) in [4.78, 5) is 10.6. The van der Waals surface area contributed by atoms with Crippen molar-refractivity contribution in [3.8, 4) is 0 Å². The second-order valence-electron chi connectivity index (χ2n) is 3.76. The number of hydrogen-bond donors (Lipinski definition) is 1. The Hall–Kier alpha value is -0.660. The first-order valence-corrected chi connectivity index (χ1v) is 6.77. The van der Waals surface area contributed by atoms with E-state index in [9.17, 15) is 13.2 Å². The molecule has 0 aliphatic carbocycles. The van der Waals surface area contributed by atoms with E-state index in [0.717, 1.165) is 4.31 Å². The number of carbonyl (C=O) groups is 1. The average Bonchev–Trinajstić information content (AvgIpc) is 2.69. The Morgan fingerprint density at radius 1 is 1.56 bits per heavy atom. The molecule has 0 bridgehead atoms. The molecule has 1 atom stereocenters. The van der Waals surface area contributed by atoms with Gasteiger partial charge in [-0.25, -0.2) is 8.42 Å². The maximum Gasteiger partial charge on any atom is 0.318 e. The number of nitrogens with zero attached hydrogens (tertiary/aromatic N) is 1. The normalized spacial score (nSPS) is 21.5. The van der Waals surface area contributed by atoms with Gasteiger partial charge in [0.15, 0.2) is 0 Å². The van der Waals surface area contributed by atoms with Crippen molar-refractivity contribution >= 4 is 16.0 Å². The first-order chi connectivity index (χ1) is 7.48. The van der Waals surface area contributed by atoms with E-state index >= 15 is 0 Å². The van der Waals surface area contributed by atoms with Crippen LogP contribution in [0.2, 0.25) is 0 Å². The van der Waals surface area contributed by atoms with E-state index < -0.39 is 27.8 Å². The zero-order valence-electron chi connectivity index (χ0n) is 9.26. The molecular weight excluding hydrogens is 234 g/mol. The quantitative estimate of drug-likeness (QED) is 0.712. The Bertz CT molecular complexity index is 334. The van der Waals surface area contributed by atoms with Gasteiger partial charge >= 0.3 is 5.97 Å². The van der Waals surface area contributed by atoms with Crippen LogP contribution in [0.15, 0.2) is 0 Å². The van der Waals surface area contributed by atoms with Crippen LogP contribution >= 0.6 is 0 Å². The number of carboxylic acids is 1. The van der Waals surface area contributed by atoms with Gasteiger partial charge in [-0.3, -0.25) is 4.79 Å². The molecule has 1 fully saturated rings. The Morgan fingerprint density at radius 2 is 2.25 bits per heavy atom. The summed E-state index contributed by atoms with van der Waals surface area (Å²) in [6, 6.07) is 0. The van der Waals surface area contributed by atoms with Gasteiger partial charge in [-0.15, -0.1) is 0 Å².